The van der Waals surface area contributed by atoms with Crippen molar-refractivity contribution in [3.8, 4) is 16.9 Å². The second-order valence-electron chi connectivity index (χ2n) is 7.66. The first-order valence-electron chi connectivity index (χ1n) is 10.1. The van der Waals surface area contributed by atoms with Gasteiger partial charge in [-0.2, -0.15) is 0 Å². The van der Waals surface area contributed by atoms with Crippen LogP contribution in [0.15, 0.2) is 42.5 Å². The highest BCUT2D eigenvalue weighted by molar-refractivity contribution is 5.95. The summed E-state index contributed by atoms with van der Waals surface area (Å²) in [7, 11) is 0. The number of rotatable bonds is 4. The van der Waals surface area contributed by atoms with Crippen LogP contribution in [0.25, 0.3) is 11.1 Å². The largest absolute Gasteiger partial charge is 0.492 e. The van der Waals surface area contributed by atoms with Gasteiger partial charge in [0, 0.05) is 24.2 Å². The fourth-order valence-corrected chi connectivity index (χ4v) is 4.35. The van der Waals surface area contributed by atoms with Crippen LogP contribution in [0.4, 0.5) is 0 Å². The highest BCUT2D eigenvalue weighted by atomic mass is 35.5. The molecule has 0 aromatic heterocycles. The van der Waals surface area contributed by atoms with Gasteiger partial charge in [-0.15, -0.1) is 12.4 Å². The Morgan fingerprint density at radius 1 is 1.21 bits per heavy atom. The van der Waals surface area contributed by atoms with Crippen LogP contribution in [0.2, 0.25) is 0 Å². The van der Waals surface area contributed by atoms with Crippen LogP contribution in [0.1, 0.15) is 42.6 Å². The highest BCUT2D eigenvalue weighted by Gasteiger charge is 2.31. The summed E-state index contributed by atoms with van der Waals surface area (Å²) in [6.45, 7) is 6.84. The number of amides is 1. The van der Waals surface area contributed by atoms with Crippen molar-refractivity contribution in [3.63, 3.8) is 0 Å². The van der Waals surface area contributed by atoms with E-state index >= 15 is 0 Å². The van der Waals surface area contributed by atoms with Crippen molar-refractivity contribution in [3.05, 3.63) is 53.6 Å². The van der Waals surface area contributed by atoms with Gasteiger partial charge in [0.2, 0.25) is 0 Å². The van der Waals surface area contributed by atoms with Gasteiger partial charge in [0.05, 0.1) is 0 Å². The van der Waals surface area contributed by atoms with Crippen LogP contribution >= 0.6 is 12.4 Å². The number of ether oxygens (including phenoxy) is 1. The van der Waals surface area contributed by atoms with E-state index in [0.717, 1.165) is 29.9 Å². The molecule has 2 atom stereocenters. The zero-order chi connectivity index (χ0) is 18.8. The lowest BCUT2D eigenvalue weighted by Crippen LogP contribution is -2.44. The molecular weight excluding hydrogens is 372 g/mol. The summed E-state index contributed by atoms with van der Waals surface area (Å²) >= 11 is 0. The number of likely N-dealkylation sites (tertiary alicyclic amines) is 1. The maximum atomic E-state index is 12.1. The number of nitrogens with one attached hydrogen (secondary N) is 1. The monoisotopic (exact) mass is 400 g/mol. The molecule has 150 valence electrons. The van der Waals surface area contributed by atoms with Crippen molar-refractivity contribution >= 4 is 18.3 Å². The van der Waals surface area contributed by atoms with Crippen molar-refractivity contribution in [2.75, 3.05) is 19.7 Å². The fraction of sp³-hybridized carbons (Fsp3) is 0.435. The number of carbonyl (C=O) groups excluding carboxylic acids is 1. The summed E-state index contributed by atoms with van der Waals surface area (Å²) in [6.07, 6.45) is 3.65. The van der Waals surface area contributed by atoms with E-state index in [2.05, 4.69) is 35.3 Å². The third-order valence-corrected chi connectivity index (χ3v) is 5.82. The van der Waals surface area contributed by atoms with Gasteiger partial charge in [0.1, 0.15) is 12.4 Å². The molecule has 0 aliphatic carbocycles. The third kappa shape index (κ3) is 4.18. The van der Waals surface area contributed by atoms with Crippen molar-refractivity contribution in [1.82, 2.24) is 10.2 Å². The molecule has 1 unspecified atom stereocenters. The summed E-state index contributed by atoms with van der Waals surface area (Å²) in [6, 6.07) is 15.4. The Morgan fingerprint density at radius 2 is 2.04 bits per heavy atom. The van der Waals surface area contributed by atoms with E-state index in [-0.39, 0.29) is 18.3 Å². The van der Waals surface area contributed by atoms with E-state index in [4.69, 9.17) is 4.74 Å². The van der Waals surface area contributed by atoms with Gasteiger partial charge in [-0.05, 0) is 74.5 Å². The van der Waals surface area contributed by atoms with Crippen LogP contribution < -0.4 is 10.1 Å². The second-order valence-corrected chi connectivity index (χ2v) is 7.66. The van der Waals surface area contributed by atoms with Crippen LogP contribution in [-0.4, -0.2) is 42.6 Å². The van der Waals surface area contributed by atoms with Crippen molar-refractivity contribution < 1.29 is 9.53 Å². The van der Waals surface area contributed by atoms with Gasteiger partial charge in [-0.25, -0.2) is 0 Å². The highest BCUT2D eigenvalue weighted by Crippen LogP contribution is 2.33. The van der Waals surface area contributed by atoms with Crippen LogP contribution in [0.5, 0.6) is 5.75 Å². The van der Waals surface area contributed by atoms with Crippen LogP contribution in [-0.2, 0) is 6.42 Å². The van der Waals surface area contributed by atoms with Gasteiger partial charge in [0.15, 0.2) is 0 Å². The SMILES string of the molecule is CCNC(=O)c1cccc(-c2ccc3c(c2)OCC(N2CCC[C@H]2C)C3)c1.Cl. The van der Waals surface area contributed by atoms with E-state index in [1.165, 1.54) is 24.9 Å². The maximum Gasteiger partial charge on any atom is 0.251 e. The molecule has 0 spiro atoms. The molecule has 2 aromatic rings. The predicted molar refractivity (Wildman–Crippen MR) is 116 cm³/mol. The minimum atomic E-state index is -0.0314. The normalized spacial score (nSPS) is 21.4. The molecule has 0 saturated carbocycles. The topological polar surface area (TPSA) is 41.6 Å². The number of benzene rings is 2. The Bertz CT molecular complexity index is 839. The van der Waals surface area contributed by atoms with Crippen LogP contribution in [0, 0.1) is 0 Å². The Kier molecular flexibility index (Phi) is 6.63. The molecular formula is C23H29ClN2O2. The molecule has 28 heavy (non-hydrogen) atoms. The summed E-state index contributed by atoms with van der Waals surface area (Å²) in [5, 5.41) is 2.86. The first-order valence-corrected chi connectivity index (χ1v) is 10.1. The molecule has 4 rings (SSSR count). The van der Waals surface area contributed by atoms with Crippen molar-refractivity contribution in [1.29, 1.82) is 0 Å². The van der Waals surface area contributed by atoms with Gasteiger partial charge >= 0.3 is 0 Å². The number of carbonyl (C=O) groups is 1. The first-order chi connectivity index (χ1) is 13.2. The molecule has 2 aromatic carbocycles. The Hall–Kier alpha value is -2.04. The van der Waals surface area contributed by atoms with Crippen molar-refractivity contribution in [2.45, 2.75) is 45.2 Å². The lowest BCUT2D eigenvalue weighted by molar-refractivity contribution is 0.0956. The number of hydrogen-bond acceptors (Lipinski definition) is 3. The van der Waals surface area contributed by atoms with E-state index in [1.54, 1.807) is 0 Å². The number of fused-ring (bicyclic) bond motifs is 1. The third-order valence-electron chi connectivity index (χ3n) is 5.82. The summed E-state index contributed by atoms with van der Waals surface area (Å²) < 4.78 is 6.15. The molecule has 4 nitrogen and oxygen atoms in total. The minimum Gasteiger partial charge on any atom is -0.492 e. The smallest absolute Gasteiger partial charge is 0.251 e. The van der Waals surface area contributed by atoms with Gasteiger partial charge in [-0.3, -0.25) is 9.69 Å². The fourth-order valence-electron chi connectivity index (χ4n) is 4.35. The van der Waals surface area contributed by atoms with Crippen molar-refractivity contribution in [2.24, 2.45) is 0 Å². The molecule has 1 amide bonds. The summed E-state index contributed by atoms with van der Waals surface area (Å²) in [4.78, 5) is 14.7. The van der Waals surface area contributed by atoms with Gasteiger partial charge in [0.25, 0.3) is 5.91 Å². The van der Waals surface area contributed by atoms with Gasteiger partial charge in [-0.1, -0.05) is 24.3 Å². The Labute approximate surface area is 173 Å². The molecule has 1 N–H and O–H groups in total. The standard InChI is InChI=1S/C23H28N2O2.ClH/c1-3-24-23(26)20-8-4-7-17(12-20)18-9-10-19-13-21(15-27-22(19)14-18)25-11-5-6-16(25)2;/h4,7-10,12,14,16,21H,3,5-6,11,13,15H2,1-2H3,(H,24,26);1H/t16-,21?;/m1./s1. The molecule has 2 heterocycles. The molecule has 1 saturated heterocycles. The second kappa shape index (κ2) is 8.97. The quantitative estimate of drug-likeness (QED) is 0.831. The molecule has 0 radical (unpaired) electrons. The van der Waals surface area contributed by atoms with Gasteiger partial charge < -0.3 is 10.1 Å². The number of hydrogen-bond donors (Lipinski definition) is 1. The summed E-state index contributed by atoms with van der Waals surface area (Å²) in [5.41, 5.74) is 4.11. The predicted octanol–water partition coefficient (Wildman–Crippen LogP) is 4.31. The average molecular weight is 401 g/mol. The molecule has 5 heteroatoms. The Morgan fingerprint density at radius 3 is 2.79 bits per heavy atom. The summed E-state index contributed by atoms with van der Waals surface area (Å²) in [5.74, 6) is 0.954. The van der Waals surface area contributed by atoms with Crippen LogP contribution in [0.3, 0.4) is 0 Å². The lowest BCUT2D eigenvalue weighted by Gasteiger charge is -2.35. The van der Waals surface area contributed by atoms with E-state index in [0.29, 0.717) is 24.2 Å². The number of nitrogens with zero attached hydrogens (tertiary/aromatic N) is 1. The van der Waals surface area contributed by atoms with E-state index in [9.17, 15) is 4.79 Å². The average Bonchev–Trinajstić information content (AvgIpc) is 3.13. The first kappa shape index (κ1) is 20.7. The molecule has 0 bridgehead atoms. The van der Waals surface area contributed by atoms with E-state index < -0.39 is 0 Å². The van der Waals surface area contributed by atoms with E-state index in [1.807, 2.05) is 31.2 Å². The molecule has 2 aliphatic rings. The Balaban J connectivity index is 0.00000225. The molecule has 1 fully saturated rings. The molecule has 2 aliphatic heterocycles. The zero-order valence-electron chi connectivity index (χ0n) is 16.6. The lowest BCUT2D eigenvalue weighted by atomic mass is 9.96. The minimum absolute atomic E-state index is 0. The zero-order valence-corrected chi connectivity index (χ0v) is 17.4. The number of halogens is 1. The maximum absolute atomic E-state index is 12.1.